The first-order valence-electron chi connectivity index (χ1n) is 6.12. The number of hydrogen-bond acceptors (Lipinski definition) is 5. The van der Waals surface area contributed by atoms with Crippen molar-refractivity contribution in [3.63, 3.8) is 0 Å². The van der Waals surface area contributed by atoms with E-state index in [0.29, 0.717) is 6.61 Å². The van der Waals surface area contributed by atoms with Gasteiger partial charge in [-0.1, -0.05) is 26.7 Å². The van der Waals surface area contributed by atoms with Gasteiger partial charge >= 0.3 is 35.8 Å². The average molecular weight is 367 g/mol. The van der Waals surface area contributed by atoms with Crippen LogP contribution in [0.2, 0.25) is 0 Å². The zero-order chi connectivity index (χ0) is 13.1. The van der Waals surface area contributed by atoms with Crippen molar-refractivity contribution in [2.24, 2.45) is 0 Å². The molecule has 0 aliphatic heterocycles. The molecule has 0 aromatic heterocycles. The molecule has 18 heavy (non-hydrogen) atoms. The number of aliphatic hydroxyl groups excluding tert-OH is 1. The Balaban J connectivity index is 0. The number of carbonyl (C=O) groups is 2. The normalized spacial score (nSPS) is 11.3. The van der Waals surface area contributed by atoms with Crippen LogP contribution in [0.4, 0.5) is 0 Å². The van der Waals surface area contributed by atoms with Gasteiger partial charge < -0.3 is 14.6 Å². The standard InChI is InChI=1S/C12H22O5.Sn.2H/c1-3-5-7-16-11(14)9-10(13)12(15)17-8-6-4-2;;;/h10,13H,3-9H2,1-2H3;;;. The average Bonchev–Trinajstić information content (AvgIpc) is 2.29. The molecule has 0 fully saturated rings. The van der Waals surface area contributed by atoms with Gasteiger partial charge in [0, 0.05) is 0 Å². The third kappa shape index (κ3) is 10.8. The molecule has 1 atom stereocenters. The molecular weight excluding hydrogens is 343 g/mol. The quantitative estimate of drug-likeness (QED) is 0.365. The van der Waals surface area contributed by atoms with Gasteiger partial charge in [-0.05, 0) is 12.8 Å². The third-order valence-electron chi connectivity index (χ3n) is 2.14. The van der Waals surface area contributed by atoms with Gasteiger partial charge in [0.2, 0.25) is 0 Å². The predicted molar refractivity (Wildman–Crippen MR) is 70.9 cm³/mol. The van der Waals surface area contributed by atoms with E-state index in [-0.39, 0.29) is 36.9 Å². The van der Waals surface area contributed by atoms with Crippen LogP contribution in [-0.2, 0) is 19.1 Å². The van der Waals surface area contributed by atoms with Crippen LogP contribution in [0, 0.1) is 0 Å². The van der Waals surface area contributed by atoms with Gasteiger partial charge in [0.25, 0.3) is 0 Å². The molecule has 1 unspecified atom stereocenters. The molecule has 0 heterocycles. The topological polar surface area (TPSA) is 72.8 Å². The number of unbranched alkanes of at least 4 members (excludes halogenated alkanes) is 2. The number of ether oxygens (including phenoxy) is 2. The number of carbonyl (C=O) groups excluding carboxylic acids is 2. The summed E-state index contributed by atoms with van der Waals surface area (Å²) in [7, 11) is 0. The van der Waals surface area contributed by atoms with E-state index in [2.05, 4.69) is 0 Å². The molecule has 6 heteroatoms. The van der Waals surface area contributed by atoms with Gasteiger partial charge in [-0.2, -0.15) is 0 Å². The van der Waals surface area contributed by atoms with Crippen LogP contribution >= 0.6 is 0 Å². The Labute approximate surface area is 125 Å². The van der Waals surface area contributed by atoms with Gasteiger partial charge in [0.05, 0.1) is 19.6 Å². The van der Waals surface area contributed by atoms with Crippen LogP contribution in [-0.4, -0.2) is 60.3 Å². The number of hydrogen-bond donors (Lipinski definition) is 1. The van der Waals surface area contributed by atoms with Crippen molar-refractivity contribution < 1.29 is 24.2 Å². The van der Waals surface area contributed by atoms with E-state index in [1.54, 1.807) is 0 Å². The zero-order valence-electron chi connectivity index (χ0n) is 11.3. The molecule has 0 bridgehead atoms. The van der Waals surface area contributed by atoms with Crippen LogP contribution in [0.3, 0.4) is 0 Å². The molecule has 0 aromatic rings. The van der Waals surface area contributed by atoms with E-state index < -0.39 is 18.0 Å². The molecule has 0 aliphatic carbocycles. The molecule has 5 nitrogen and oxygen atoms in total. The van der Waals surface area contributed by atoms with Crippen molar-refractivity contribution in [1.29, 1.82) is 0 Å². The fourth-order valence-corrected chi connectivity index (χ4v) is 1.04. The Hall–Kier alpha value is -0.301. The monoisotopic (exact) mass is 368 g/mol. The van der Waals surface area contributed by atoms with Gasteiger partial charge in [-0.25, -0.2) is 4.79 Å². The first-order chi connectivity index (χ1) is 8.11. The number of rotatable bonds is 9. The van der Waals surface area contributed by atoms with Crippen molar-refractivity contribution in [1.82, 2.24) is 0 Å². The van der Waals surface area contributed by atoms with E-state index in [9.17, 15) is 14.7 Å². The van der Waals surface area contributed by atoms with Crippen LogP contribution < -0.4 is 0 Å². The van der Waals surface area contributed by atoms with Gasteiger partial charge in [-0.3, -0.25) is 4.79 Å². The first kappa shape index (κ1) is 20.0. The van der Waals surface area contributed by atoms with Crippen LogP contribution in [0.15, 0.2) is 0 Å². The van der Waals surface area contributed by atoms with Crippen molar-refractivity contribution in [2.45, 2.75) is 52.1 Å². The van der Waals surface area contributed by atoms with Crippen LogP contribution in [0.1, 0.15) is 46.0 Å². The summed E-state index contributed by atoms with van der Waals surface area (Å²) in [6.07, 6.45) is 1.61. The second-order valence-corrected chi connectivity index (χ2v) is 3.81. The second kappa shape index (κ2) is 13.1. The Morgan fingerprint density at radius 1 is 1.06 bits per heavy atom. The van der Waals surface area contributed by atoms with E-state index in [0.717, 1.165) is 25.7 Å². The molecule has 2 radical (unpaired) electrons. The summed E-state index contributed by atoms with van der Waals surface area (Å²) in [5.74, 6) is -1.33. The molecule has 0 aliphatic rings. The molecule has 0 spiro atoms. The molecule has 0 saturated carbocycles. The molecule has 0 amide bonds. The molecule has 106 valence electrons. The fourth-order valence-electron chi connectivity index (χ4n) is 1.04. The summed E-state index contributed by atoms with van der Waals surface area (Å²) in [6, 6.07) is 0. The molecular formula is C12H24O5Sn. The summed E-state index contributed by atoms with van der Waals surface area (Å²) in [4.78, 5) is 22.4. The Bertz CT molecular complexity index is 233. The summed E-state index contributed by atoms with van der Waals surface area (Å²) < 4.78 is 9.60. The SMILES string of the molecule is CCCCOC(=O)CC(O)C(=O)OCCCC.[SnH2]. The second-order valence-electron chi connectivity index (χ2n) is 3.81. The van der Waals surface area contributed by atoms with Crippen molar-refractivity contribution in [3.05, 3.63) is 0 Å². The summed E-state index contributed by atoms with van der Waals surface area (Å²) >= 11 is 0. The van der Waals surface area contributed by atoms with Crippen LogP contribution in [0.5, 0.6) is 0 Å². The maximum absolute atomic E-state index is 11.2. The fraction of sp³-hybridized carbons (Fsp3) is 0.833. The third-order valence-corrected chi connectivity index (χ3v) is 2.14. The summed E-state index contributed by atoms with van der Waals surface area (Å²) in [5.41, 5.74) is 0. The number of aliphatic hydroxyl groups is 1. The molecule has 0 rings (SSSR count). The van der Waals surface area contributed by atoms with E-state index in [4.69, 9.17) is 9.47 Å². The predicted octanol–water partition coefficient (Wildman–Crippen LogP) is 0.508. The molecule has 0 saturated heterocycles. The maximum atomic E-state index is 11.2. The Kier molecular flexibility index (Phi) is 14.6. The van der Waals surface area contributed by atoms with E-state index in [1.165, 1.54) is 0 Å². The van der Waals surface area contributed by atoms with E-state index in [1.807, 2.05) is 13.8 Å². The minimum atomic E-state index is -1.42. The summed E-state index contributed by atoms with van der Waals surface area (Å²) in [5, 5.41) is 9.37. The number of esters is 2. The molecule has 1 N–H and O–H groups in total. The van der Waals surface area contributed by atoms with E-state index >= 15 is 0 Å². The zero-order valence-corrected chi connectivity index (χ0v) is 15.4. The van der Waals surface area contributed by atoms with Gasteiger partial charge in [0.15, 0.2) is 6.10 Å². The Morgan fingerprint density at radius 3 is 2.06 bits per heavy atom. The van der Waals surface area contributed by atoms with Gasteiger partial charge in [0.1, 0.15) is 0 Å². The van der Waals surface area contributed by atoms with Crippen molar-refractivity contribution in [2.75, 3.05) is 13.2 Å². The minimum absolute atomic E-state index is 0. The van der Waals surface area contributed by atoms with Gasteiger partial charge in [-0.15, -0.1) is 0 Å². The van der Waals surface area contributed by atoms with Crippen LogP contribution in [0.25, 0.3) is 0 Å². The first-order valence-corrected chi connectivity index (χ1v) is 6.12. The molecule has 0 aromatic carbocycles. The van der Waals surface area contributed by atoms with Crippen molar-refractivity contribution >= 4 is 35.8 Å². The summed E-state index contributed by atoms with van der Waals surface area (Å²) in [6.45, 7) is 4.55. The Morgan fingerprint density at radius 2 is 1.56 bits per heavy atom. The van der Waals surface area contributed by atoms with Crippen molar-refractivity contribution in [3.8, 4) is 0 Å².